The van der Waals surface area contributed by atoms with Crippen LogP contribution in [0.4, 0.5) is 0 Å². The third-order valence-corrected chi connectivity index (χ3v) is 3.08. The summed E-state index contributed by atoms with van der Waals surface area (Å²) in [7, 11) is 0. The first-order valence-electron chi connectivity index (χ1n) is 7.37. The zero-order valence-corrected chi connectivity index (χ0v) is 13.4. The fraction of sp³-hybridized carbons (Fsp3) is 0.294. The standard InChI is InChI=1S/C17H19N3O3/c1-4-23-13-7-12(8-18-9-13)5-6-15-19-10-14(17(21)22)16(20-15)11(2)3/h5-11H,4H2,1-3H3,(H,21,22). The van der Waals surface area contributed by atoms with E-state index >= 15 is 0 Å². The van der Waals surface area contributed by atoms with Crippen LogP contribution in [0.2, 0.25) is 0 Å². The quantitative estimate of drug-likeness (QED) is 0.881. The molecule has 0 aliphatic carbocycles. The Bertz CT molecular complexity index is 727. The first-order valence-corrected chi connectivity index (χ1v) is 7.37. The van der Waals surface area contributed by atoms with E-state index in [1.54, 1.807) is 18.5 Å². The highest BCUT2D eigenvalue weighted by molar-refractivity contribution is 5.88. The number of nitrogens with zero attached hydrogens (tertiary/aromatic N) is 3. The molecule has 0 amide bonds. The minimum Gasteiger partial charge on any atom is -0.492 e. The number of carboxylic acids is 1. The van der Waals surface area contributed by atoms with E-state index in [9.17, 15) is 9.90 Å². The predicted octanol–water partition coefficient (Wildman–Crippen LogP) is 3.26. The van der Waals surface area contributed by atoms with Crippen LogP contribution in [0.15, 0.2) is 24.7 Å². The molecule has 0 fully saturated rings. The summed E-state index contributed by atoms with van der Waals surface area (Å²) < 4.78 is 5.40. The van der Waals surface area contributed by atoms with E-state index in [-0.39, 0.29) is 11.5 Å². The Labute approximate surface area is 134 Å². The van der Waals surface area contributed by atoms with Crippen LogP contribution < -0.4 is 4.74 Å². The Balaban J connectivity index is 2.27. The zero-order chi connectivity index (χ0) is 16.8. The van der Waals surface area contributed by atoms with Crippen molar-refractivity contribution >= 4 is 18.1 Å². The number of hydrogen-bond donors (Lipinski definition) is 1. The summed E-state index contributed by atoms with van der Waals surface area (Å²) in [5.41, 5.74) is 1.51. The minimum atomic E-state index is -1.02. The molecular formula is C17H19N3O3. The van der Waals surface area contributed by atoms with Crippen LogP contribution in [0.1, 0.15) is 54.1 Å². The van der Waals surface area contributed by atoms with Gasteiger partial charge in [0.15, 0.2) is 5.82 Å². The largest absolute Gasteiger partial charge is 0.492 e. The van der Waals surface area contributed by atoms with Crippen LogP contribution in [0, 0.1) is 0 Å². The SMILES string of the molecule is CCOc1cncc(C=Cc2ncc(C(=O)O)c(C(C)C)n2)c1. The lowest BCUT2D eigenvalue weighted by atomic mass is 10.1. The van der Waals surface area contributed by atoms with Crippen molar-refractivity contribution in [3.05, 3.63) is 47.3 Å². The molecule has 0 saturated heterocycles. The Morgan fingerprint density at radius 3 is 2.74 bits per heavy atom. The summed E-state index contributed by atoms with van der Waals surface area (Å²) in [6.07, 6.45) is 8.24. The van der Waals surface area contributed by atoms with E-state index in [0.29, 0.717) is 23.9 Å². The molecule has 1 N–H and O–H groups in total. The molecule has 2 rings (SSSR count). The number of ether oxygens (including phenoxy) is 1. The molecule has 0 aromatic carbocycles. The summed E-state index contributed by atoms with van der Waals surface area (Å²) in [5, 5.41) is 9.17. The van der Waals surface area contributed by atoms with Gasteiger partial charge in [-0.3, -0.25) is 4.98 Å². The lowest BCUT2D eigenvalue weighted by Gasteiger charge is -2.08. The lowest BCUT2D eigenvalue weighted by molar-refractivity contribution is 0.0694. The van der Waals surface area contributed by atoms with E-state index in [2.05, 4.69) is 15.0 Å². The van der Waals surface area contributed by atoms with E-state index in [1.165, 1.54) is 6.20 Å². The first kappa shape index (κ1) is 16.6. The second-order valence-corrected chi connectivity index (χ2v) is 5.21. The Morgan fingerprint density at radius 2 is 2.09 bits per heavy atom. The van der Waals surface area contributed by atoms with Crippen LogP contribution >= 0.6 is 0 Å². The molecule has 2 aromatic rings. The molecular weight excluding hydrogens is 294 g/mol. The molecule has 0 unspecified atom stereocenters. The van der Waals surface area contributed by atoms with Gasteiger partial charge in [-0.05, 0) is 36.6 Å². The minimum absolute atomic E-state index is 0.000742. The van der Waals surface area contributed by atoms with Gasteiger partial charge in [-0.1, -0.05) is 13.8 Å². The predicted molar refractivity (Wildman–Crippen MR) is 87.4 cm³/mol. The van der Waals surface area contributed by atoms with Crippen LogP contribution in [-0.4, -0.2) is 32.6 Å². The topological polar surface area (TPSA) is 85.2 Å². The van der Waals surface area contributed by atoms with Gasteiger partial charge in [-0.25, -0.2) is 14.8 Å². The molecule has 0 radical (unpaired) electrons. The molecule has 6 heteroatoms. The molecule has 2 heterocycles. The molecule has 6 nitrogen and oxygen atoms in total. The monoisotopic (exact) mass is 313 g/mol. The van der Waals surface area contributed by atoms with Crippen molar-refractivity contribution in [1.29, 1.82) is 0 Å². The van der Waals surface area contributed by atoms with Crippen LogP contribution in [0.25, 0.3) is 12.2 Å². The third kappa shape index (κ3) is 4.35. The van der Waals surface area contributed by atoms with Gasteiger partial charge in [0.25, 0.3) is 0 Å². The molecule has 0 aliphatic rings. The Hall–Kier alpha value is -2.76. The molecule has 0 spiro atoms. The van der Waals surface area contributed by atoms with Crippen molar-refractivity contribution in [1.82, 2.24) is 15.0 Å². The molecule has 0 atom stereocenters. The Morgan fingerprint density at radius 1 is 1.30 bits per heavy atom. The third-order valence-electron chi connectivity index (χ3n) is 3.08. The molecule has 0 saturated carbocycles. The average molecular weight is 313 g/mol. The summed E-state index contributed by atoms with van der Waals surface area (Å²) in [6, 6.07) is 1.86. The number of aromatic carboxylic acids is 1. The average Bonchev–Trinajstić information content (AvgIpc) is 2.53. The number of pyridine rings is 1. The van der Waals surface area contributed by atoms with Crippen molar-refractivity contribution in [2.45, 2.75) is 26.7 Å². The summed E-state index contributed by atoms with van der Waals surface area (Å²) in [4.78, 5) is 23.7. The van der Waals surface area contributed by atoms with Gasteiger partial charge >= 0.3 is 5.97 Å². The van der Waals surface area contributed by atoms with Crippen molar-refractivity contribution in [3.8, 4) is 5.75 Å². The second-order valence-electron chi connectivity index (χ2n) is 5.21. The van der Waals surface area contributed by atoms with Gasteiger partial charge in [0.05, 0.1) is 24.1 Å². The van der Waals surface area contributed by atoms with E-state index < -0.39 is 5.97 Å². The normalized spacial score (nSPS) is 11.1. The van der Waals surface area contributed by atoms with Gasteiger partial charge in [0.2, 0.25) is 0 Å². The van der Waals surface area contributed by atoms with E-state index in [4.69, 9.17) is 4.74 Å². The molecule has 0 bridgehead atoms. The van der Waals surface area contributed by atoms with Crippen molar-refractivity contribution in [2.24, 2.45) is 0 Å². The van der Waals surface area contributed by atoms with Gasteiger partial charge in [-0.2, -0.15) is 0 Å². The van der Waals surface area contributed by atoms with Gasteiger partial charge in [0, 0.05) is 12.4 Å². The first-order chi connectivity index (χ1) is 11.0. The second kappa shape index (κ2) is 7.49. The van der Waals surface area contributed by atoms with Gasteiger partial charge < -0.3 is 9.84 Å². The van der Waals surface area contributed by atoms with Gasteiger partial charge in [-0.15, -0.1) is 0 Å². The summed E-state index contributed by atoms with van der Waals surface area (Å²) in [5.74, 6) is 0.136. The van der Waals surface area contributed by atoms with Crippen LogP contribution in [-0.2, 0) is 0 Å². The fourth-order valence-electron chi connectivity index (χ4n) is 2.04. The maximum Gasteiger partial charge on any atom is 0.339 e. The number of hydrogen-bond acceptors (Lipinski definition) is 5. The fourth-order valence-corrected chi connectivity index (χ4v) is 2.04. The lowest BCUT2D eigenvalue weighted by Crippen LogP contribution is -2.08. The highest BCUT2D eigenvalue weighted by atomic mass is 16.5. The van der Waals surface area contributed by atoms with Crippen LogP contribution in [0.3, 0.4) is 0 Å². The van der Waals surface area contributed by atoms with E-state index in [0.717, 1.165) is 5.56 Å². The highest BCUT2D eigenvalue weighted by Crippen LogP contribution is 2.18. The number of carbonyl (C=O) groups is 1. The molecule has 2 aromatic heterocycles. The van der Waals surface area contributed by atoms with Gasteiger partial charge in [0.1, 0.15) is 5.75 Å². The number of rotatable bonds is 6. The molecule has 23 heavy (non-hydrogen) atoms. The highest BCUT2D eigenvalue weighted by Gasteiger charge is 2.15. The van der Waals surface area contributed by atoms with Crippen molar-refractivity contribution in [3.63, 3.8) is 0 Å². The number of carboxylic acid groups (broad SMARTS) is 1. The molecule has 0 aliphatic heterocycles. The maximum absolute atomic E-state index is 11.2. The van der Waals surface area contributed by atoms with Crippen molar-refractivity contribution in [2.75, 3.05) is 6.61 Å². The Kier molecular flexibility index (Phi) is 5.41. The van der Waals surface area contributed by atoms with E-state index in [1.807, 2.05) is 32.9 Å². The molecule has 120 valence electrons. The zero-order valence-electron chi connectivity index (χ0n) is 13.4. The smallest absolute Gasteiger partial charge is 0.339 e. The number of aromatic nitrogens is 3. The maximum atomic E-state index is 11.2. The van der Waals surface area contributed by atoms with Crippen molar-refractivity contribution < 1.29 is 14.6 Å². The van der Waals surface area contributed by atoms with Crippen LogP contribution in [0.5, 0.6) is 5.75 Å². The summed E-state index contributed by atoms with van der Waals surface area (Å²) in [6.45, 7) is 6.29. The summed E-state index contributed by atoms with van der Waals surface area (Å²) >= 11 is 0.